The summed E-state index contributed by atoms with van der Waals surface area (Å²) < 4.78 is 0. The average Bonchev–Trinajstić information content (AvgIpc) is 2.98. The molecular formula is C19H26N4OS. The largest absolute Gasteiger partial charge is 0.357 e. The van der Waals surface area contributed by atoms with E-state index in [0.717, 1.165) is 18.7 Å². The topological polar surface area (TPSA) is 65.5 Å². The number of amides is 1. The molecule has 2 aromatic rings. The van der Waals surface area contributed by atoms with Gasteiger partial charge in [-0.2, -0.15) is 0 Å². The van der Waals surface area contributed by atoms with E-state index in [4.69, 9.17) is 0 Å². The molecule has 5 nitrogen and oxygen atoms in total. The van der Waals surface area contributed by atoms with Crippen LogP contribution in [0.3, 0.4) is 0 Å². The second-order valence-electron chi connectivity index (χ2n) is 5.87. The molecule has 25 heavy (non-hydrogen) atoms. The van der Waals surface area contributed by atoms with E-state index in [1.165, 1.54) is 9.75 Å². The molecule has 134 valence electrons. The van der Waals surface area contributed by atoms with Crippen molar-refractivity contribution in [1.82, 2.24) is 10.6 Å². The molecule has 0 radical (unpaired) electrons. The van der Waals surface area contributed by atoms with E-state index >= 15 is 0 Å². The summed E-state index contributed by atoms with van der Waals surface area (Å²) in [4.78, 5) is 19.1. The summed E-state index contributed by atoms with van der Waals surface area (Å²) >= 11 is 1.81. The number of guanidine groups is 1. The number of benzene rings is 1. The molecule has 0 fully saturated rings. The van der Waals surface area contributed by atoms with E-state index < -0.39 is 0 Å². The molecule has 0 saturated carbocycles. The zero-order valence-corrected chi connectivity index (χ0v) is 15.8. The van der Waals surface area contributed by atoms with Gasteiger partial charge in [-0.25, -0.2) is 4.99 Å². The van der Waals surface area contributed by atoms with Crippen molar-refractivity contribution in [3.05, 3.63) is 52.2 Å². The number of rotatable bonds is 7. The normalized spacial score (nSPS) is 12.5. The molecule has 0 saturated heterocycles. The fourth-order valence-corrected chi connectivity index (χ4v) is 3.39. The molecule has 1 aromatic heterocycles. The van der Waals surface area contributed by atoms with Crippen molar-refractivity contribution in [3.8, 4) is 0 Å². The maximum atomic E-state index is 12.0. The van der Waals surface area contributed by atoms with Crippen LogP contribution in [-0.4, -0.2) is 31.0 Å². The lowest BCUT2D eigenvalue weighted by Gasteiger charge is -2.17. The number of carbonyl (C=O) groups is 1. The summed E-state index contributed by atoms with van der Waals surface area (Å²) in [6.45, 7) is 7.07. The predicted octanol–water partition coefficient (Wildman–Crippen LogP) is 3.18. The summed E-state index contributed by atoms with van der Waals surface area (Å²) in [6.07, 6.45) is 0.930. The van der Waals surface area contributed by atoms with Gasteiger partial charge < -0.3 is 16.0 Å². The maximum absolute atomic E-state index is 12.0. The minimum atomic E-state index is -0.134. The van der Waals surface area contributed by atoms with Crippen molar-refractivity contribution in [3.63, 3.8) is 0 Å². The van der Waals surface area contributed by atoms with Crippen molar-refractivity contribution in [2.75, 3.05) is 18.4 Å². The number of nitrogens with one attached hydrogen (secondary N) is 3. The Morgan fingerprint density at radius 3 is 2.60 bits per heavy atom. The molecule has 0 bridgehead atoms. The van der Waals surface area contributed by atoms with Crippen LogP contribution in [0.25, 0.3) is 0 Å². The molecule has 1 unspecified atom stereocenters. The number of hydrogen-bond donors (Lipinski definition) is 3. The molecule has 1 aromatic carbocycles. The quantitative estimate of drug-likeness (QED) is 0.526. The van der Waals surface area contributed by atoms with Crippen LogP contribution in [0.1, 0.15) is 23.6 Å². The average molecular weight is 359 g/mol. The molecule has 0 spiro atoms. The Morgan fingerprint density at radius 1 is 1.20 bits per heavy atom. The fraction of sp³-hybridized carbons (Fsp3) is 0.368. The van der Waals surface area contributed by atoms with Gasteiger partial charge in [-0.3, -0.25) is 4.79 Å². The second-order valence-corrected chi connectivity index (χ2v) is 7.24. The summed E-state index contributed by atoms with van der Waals surface area (Å²) in [5.74, 6) is 0.524. The van der Waals surface area contributed by atoms with Gasteiger partial charge in [0, 0.05) is 34.4 Å². The minimum Gasteiger partial charge on any atom is -0.357 e. The van der Waals surface area contributed by atoms with Crippen LogP contribution in [0.15, 0.2) is 47.5 Å². The van der Waals surface area contributed by atoms with Gasteiger partial charge in [-0.05, 0) is 45.0 Å². The van der Waals surface area contributed by atoms with Gasteiger partial charge in [0.2, 0.25) is 5.91 Å². The highest BCUT2D eigenvalue weighted by Gasteiger charge is 2.09. The van der Waals surface area contributed by atoms with Gasteiger partial charge in [-0.1, -0.05) is 18.2 Å². The summed E-state index contributed by atoms with van der Waals surface area (Å²) in [7, 11) is 0. The van der Waals surface area contributed by atoms with Crippen LogP contribution in [0.5, 0.6) is 0 Å². The smallest absolute Gasteiger partial charge is 0.246 e. The number of nitrogens with zero attached hydrogens (tertiary/aromatic N) is 1. The molecule has 1 atom stereocenters. The number of aliphatic imine (C=N–C) groups is 1. The van der Waals surface area contributed by atoms with E-state index in [2.05, 4.69) is 46.9 Å². The maximum Gasteiger partial charge on any atom is 0.246 e. The Balaban J connectivity index is 1.87. The monoisotopic (exact) mass is 358 g/mol. The van der Waals surface area contributed by atoms with Crippen molar-refractivity contribution in [2.45, 2.75) is 33.2 Å². The number of carbonyl (C=O) groups excluding carboxylic acids is 1. The number of hydrogen-bond acceptors (Lipinski definition) is 3. The number of anilines is 1. The van der Waals surface area contributed by atoms with Crippen LogP contribution in [0.4, 0.5) is 5.69 Å². The molecule has 3 N–H and O–H groups in total. The number of para-hydroxylation sites is 1. The van der Waals surface area contributed by atoms with E-state index in [1.807, 2.05) is 48.6 Å². The highest BCUT2D eigenvalue weighted by molar-refractivity contribution is 7.11. The number of aryl methyl sites for hydroxylation is 1. The van der Waals surface area contributed by atoms with Crippen LogP contribution in [0, 0.1) is 6.92 Å². The van der Waals surface area contributed by atoms with Crippen LogP contribution in [0.2, 0.25) is 0 Å². The van der Waals surface area contributed by atoms with Crippen molar-refractivity contribution in [1.29, 1.82) is 0 Å². The second kappa shape index (κ2) is 9.84. The zero-order valence-electron chi connectivity index (χ0n) is 15.0. The van der Waals surface area contributed by atoms with E-state index in [1.54, 1.807) is 0 Å². The first-order chi connectivity index (χ1) is 12.1. The fourth-order valence-electron chi connectivity index (χ4n) is 2.37. The lowest BCUT2D eigenvalue weighted by molar-refractivity contribution is -0.114. The Labute approximate surface area is 153 Å². The highest BCUT2D eigenvalue weighted by atomic mass is 32.1. The van der Waals surface area contributed by atoms with Crippen molar-refractivity contribution in [2.24, 2.45) is 4.99 Å². The molecule has 1 heterocycles. The van der Waals surface area contributed by atoms with Crippen LogP contribution >= 0.6 is 11.3 Å². The third-order valence-electron chi connectivity index (χ3n) is 3.47. The molecule has 0 aliphatic heterocycles. The summed E-state index contributed by atoms with van der Waals surface area (Å²) in [6, 6.07) is 13.9. The zero-order chi connectivity index (χ0) is 18.1. The SMILES string of the molecule is CCNC(=NCC(=O)Nc1ccccc1)NC(C)Cc1ccc(C)s1. The van der Waals surface area contributed by atoms with Gasteiger partial charge in [-0.15, -0.1) is 11.3 Å². The summed E-state index contributed by atoms with van der Waals surface area (Å²) in [5, 5.41) is 9.38. The molecule has 0 aliphatic rings. The van der Waals surface area contributed by atoms with Gasteiger partial charge in [0.15, 0.2) is 5.96 Å². The molecule has 2 rings (SSSR count). The van der Waals surface area contributed by atoms with Crippen LogP contribution in [-0.2, 0) is 11.2 Å². The van der Waals surface area contributed by atoms with E-state index in [0.29, 0.717) is 5.96 Å². The molecule has 1 amide bonds. The lowest BCUT2D eigenvalue weighted by Crippen LogP contribution is -2.43. The predicted molar refractivity (Wildman–Crippen MR) is 106 cm³/mol. The first-order valence-electron chi connectivity index (χ1n) is 8.52. The third kappa shape index (κ3) is 6.97. The van der Waals surface area contributed by atoms with Crippen molar-refractivity contribution < 1.29 is 4.79 Å². The Kier molecular flexibility index (Phi) is 7.47. The van der Waals surface area contributed by atoms with Gasteiger partial charge in [0.25, 0.3) is 0 Å². The Bertz CT molecular complexity index is 696. The Morgan fingerprint density at radius 2 is 1.96 bits per heavy atom. The molecular weight excluding hydrogens is 332 g/mol. The molecule has 0 aliphatic carbocycles. The van der Waals surface area contributed by atoms with E-state index in [9.17, 15) is 4.79 Å². The molecule has 6 heteroatoms. The van der Waals surface area contributed by atoms with Crippen molar-refractivity contribution >= 4 is 28.9 Å². The first kappa shape index (κ1) is 19.0. The third-order valence-corrected chi connectivity index (χ3v) is 4.49. The standard InChI is InChI=1S/C19H26N4OS/c1-4-20-19(22-14(2)12-17-11-10-15(3)25-17)21-13-18(24)23-16-8-6-5-7-9-16/h5-11,14H,4,12-13H2,1-3H3,(H,23,24)(H2,20,21,22). The van der Waals surface area contributed by atoms with Gasteiger partial charge >= 0.3 is 0 Å². The summed E-state index contributed by atoms with van der Waals surface area (Å²) in [5.41, 5.74) is 0.780. The van der Waals surface area contributed by atoms with E-state index in [-0.39, 0.29) is 18.5 Å². The first-order valence-corrected chi connectivity index (χ1v) is 9.33. The highest BCUT2D eigenvalue weighted by Crippen LogP contribution is 2.16. The lowest BCUT2D eigenvalue weighted by atomic mass is 10.2. The number of thiophene rings is 1. The minimum absolute atomic E-state index is 0.0784. The Hall–Kier alpha value is -2.34. The van der Waals surface area contributed by atoms with Crippen LogP contribution < -0.4 is 16.0 Å². The van der Waals surface area contributed by atoms with Gasteiger partial charge in [0.05, 0.1) is 0 Å². The van der Waals surface area contributed by atoms with Gasteiger partial charge in [0.1, 0.15) is 6.54 Å².